The van der Waals surface area contributed by atoms with Gasteiger partial charge in [-0.2, -0.15) is 22.5 Å². The van der Waals surface area contributed by atoms with Gasteiger partial charge in [-0.05, 0) is 19.9 Å². The van der Waals surface area contributed by atoms with Crippen LogP contribution in [0.3, 0.4) is 0 Å². The zero-order valence-electron chi connectivity index (χ0n) is 11.9. The Kier molecular flexibility index (Phi) is 5.08. The van der Waals surface area contributed by atoms with E-state index in [1.54, 1.807) is 22.4 Å². The molecule has 1 fully saturated rings. The second-order valence-corrected chi connectivity index (χ2v) is 6.69. The molecule has 2 N–H and O–H groups in total. The molecule has 9 heteroatoms. The van der Waals surface area contributed by atoms with Crippen LogP contribution in [0.25, 0.3) is 0 Å². The number of nitrogens with one attached hydrogen (secondary N) is 2. The summed E-state index contributed by atoms with van der Waals surface area (Å²) in [5, 5.41) is 7.12. The lowest BCUT2D eigenvalue weighted by Gasteiger charge is -2.34. The average Bonchev–Trinajstić information content (AvgIpc) is 2.83. The minimum absolute atomic E-state index is 0.0166. The molecule has 0 aliphatic carbocycles. The Balaban J connectivity index is 2.00. The van der Waals surface area contributed by atoms with Gasteiger partial charge in [-0.15, -0.1) is 0 Å². The topological polar surface area (TPSA) is 92.2 Å². The van der Waals surface area contributed by atoms with Gasteiger partial charge < -0.3 is 5.32 Å². The van der Waals surface area contributed by atoms with Crippen LogP contribution in [0.2, 0.25) is 0 Å². The van der Waals surface area contributed by atoms with Crippen molar-refractivity contribution in [1.29, 1.82) is 0 Å². The summed E-state index contributed by atoms with van der Waals surface area (Å²) in [5.74, 6) is 0.471. The van der Waals surface area contributed by atoms with E-state index in [1.807, 2.05) is 7.05 Å². The summed E-state index contributed by atoms with van der Waals surface area (Å²) in [6.45, 7) is 1.35. The fraction of sp³-hybridized carbons (Fsp3) is 0.818. The van der Waals surface area contributed by atoms with Crippen LogP contribution in [0.1, 0.15) is 25.1 Å². The number of aryl methyl sites for hydroxylation is 1. The molecule has 0 radical (unpaired) electrons. The van der Waals surface area contributed by atoms with Crippen molar-refractivity contribution in [1.82, 2.24) is 29.1 Å². The number of nitrogens with zero attached hydrogens (tertiary/aromatic N) is 4. The molecular formula is C11H22N6O2S. The van der Waals surface area contributed by atoms with Gasteiger partial charge in [-0.3, -0.25) is 4.68 Å². The maximum Gasteiger partial charge on any atom is 0.280 e. The Hall–Kier alpha value is -1.03. The first-order valence-corrected chi connectivity index (χ1v) is 8.22. The van der Waals surface area contributed by atoms with Gasteiger partial charge in [0.15, 0.2) is 5.82 Å². The van der Waals surface area contributed by atoms with Crippen molar-refractivity contribution < 1.29 is 8.42 Å². The van der Waals surface area contributed by atoms with Crippen molar-refractivity contribution in [2.75, 3.05) is 20.1 Å². The van der Waals surface area contributed by atoms with Crippen LogP contribution in [0.4, 0.5) is 0 Å². The number of hydrogen-bond donors (Lipinski definition) is 2. The third-order valence-corrected chi connectivity index (χ3v) is 4.99. The molecule has 8 nitrogen and oxygen atoms in total. The molecule has 0 amide bonds. The zero-order chi connectivity index (χ0) is 14.6. The predicted octanol–water partition coefficient (Wildman–Crippen LogP) is -0.777. The summed E-state index contributed by atoms with van der Waals surface area (Å²) in [7, 11) is 0.0970. The Labute approximate surface area is 119 Å². The summed E-state index contributed by atoms with van der Waals surface area (Å²) in [6, 6.07) is 0.0166. The molecule has 2 rings (SSSR count). The maximum absolute atomic E-state index is 12.4. The highest BCUT2D eigenvalue weighted by molar-refractivity contribution is 7.87. The van der Waals surface area contributed by atoms with Gasteiger partial charge in [-0.1, -0.05) is 6.42 Å². The van der Waals surface area contributed by atoms with E-state index >= 15 is 0 Å². The summed E-state index contributed by atoms with van der Waals surface area (Å²) >= 11 is 0. The first kappa shape index (κ1) is 15.4. The highest BCUT2D eigenvalue weighted by Gasteiger charge is 2.31. The standard InChI is InChI=1S/C11H22N6O2S/c1-12-7-10-5-3-4-6-17(10)20(18,19)14-8-11-13-9-16(2)15-11/h9-10,12,14H,3-8H2,1-2H3. The lowest BCUT2D eigenvalue weighted by Crippen LogP contribution is -2.51. The van der Waals surface area contributed by atoms with Crippen molar-refractivity contribution in [3.8, 4) is 0 Å². The van der Waals surface area contributed by atoms with Crippen molar-refractivity contribution in [2.24, 2.45) is 7.05 Å². The van der Waals surface area contributed by atoms with Gasteiger partial charge in [0.2, 0.25) is 0 Å². The van der Waals surface area contributed by atoms with E-state index in [4.69, 9.17) is 0 Å². The number of piperidine rings is 1. The van der Waals surface area contributed by atoms with Crippen LogP contribution in [0.15, 0.2) is 6.33 Å². The summed E-state index contributed by atoms with van der Waals surface area (Å²) < 4.78 is 30.4. The SMILES string of the molecule is CNCC1CCCCN1S(=O)(=O)NCc1ncn(C)n1. The monoisotopic (exact) mass is 302 g/mol. The summed E-state index contributed by atoms with van der Waals surface area (Å²) in [5.41, 5.74) is 0. The van der Waals surface area contributed by atoms with Crippen LogP contribution in [-0.4, -0.2) is 53.7 Å². The van der Waals surface area contributed by atoms with Crippen LogP contribution in [-0.2, 0) is 23.8 Å². The number of likely N-dealkylation sites (N-methyl/N-ethyl adjacent to an activating group) is 1. The molecular weight excluding hydrogens is 280 g/mol. The fourth-order valence-corrected chi connectivity index (χ4v) is 3.85. The molecule has 20 heavy (non-hydrogen) atoms. The molecule has 1 unspecified atom stereocenters. The lowest BCUT2D eigenvalue weighted by atomic mass is 10.1. The molecule has 1 aromatic rings. The van der Waals surface area contributed by atoms with E-state index in [2.05, 4.69) is 20.1 Å². The molecule has 2 heterocycles. The van der Waals surface area contributed by atoms with Crippen LogP contribution >= 0.6 is 0 Å². The van der Waals surface area contributed by atoms with Gasteiger partial charge >= 0.3 is 0 Å². The van der Waals surface area contributed by atoms with Crippen molar-refractivity contribution in [3.63, 3.8) is 0 Å². The highest BCUT2D eigenvalue weighted by atomic mass is 32.2. The summed E-state index contributed by atoms with van der Waals surface area (Å²) in [4.78, 5) is 4.01. The number of aromatic nitrogens is 3. The molecule has 0 bridgehead atoms. The van der Waals surface area contributed by atoms with Crippen LogP contribution in [0.5, 0.6) is 0 Å². The Morgan fingerprint density at radius 1 is 1.45 bits per heavy atom. The van der Waals surface area contributed by atoms with Crippen LogP contribution < -0.4 is 10.0 Å². The fourth-order valence-electron chi connectivity index (χ4n) is 2.43. The zero-order valence-corrected chi connectivity index (χ0v) is 12.7. The van der Waals surface area contributed by atoms with E-state index in [9.17, 15) is 8.42 Å². The van der Waals surface area contributed by atoms with Crippen molar-refractivity contribution in [3.05, 3.63) is 12.2 Å². The molecule has 1 atom stereocenters. The maximum atomic E-state index is 12.4. The Morgan fingerprint density at radius 2 is 2.25 bits per heavy atom. The molecule has 1 aromatic heterocycles. The van der Waals surface area contributed by atoms with E-state index in [1.165, 1.54) is 0 Å². The number of rotatable bonds is 6. The van der Waals surface area contributed by atoms with E-state index in [-0.39, 0.29) is 12.6 Å². The molecule has 114 valence electrons. The van der Waals surface area contributed by atoms with Gasteiger partial charge in [0.1, 0.15) is 6.33 Å². The number of hydrogen-bond acceptors (Lipinski definition) is 5. The normalized spacial score (nSPS) is 21.2. The lowest BCUT2D eigenvalue weighted by molar-refractivity contribution is 0.246. The Bertz CT molecular complexity index is 527. The van der Waals surface area contributed by atoms with Crippen LogP contribution in [0, 0.1) is 0 Å². The minimum atomic E-state index is -3.49. The Morgan fingerprint density at radius 3 is 2.90 bits per heavy atom. The first-order valence-electron chi connectivity index (χ1n) is 6.78. The molecule has 0 aromatic carbocycles. The average molecular weight is 302 g/mol. The third-order valence-electron chi connectivity index (χ3n) is 3.38. The minimum Gasteiger partial charge on any atom is -0.318 e. The van der Waals surface area contributed by atoms with Gasteiger partial charge in [0.25, 0.3) is 10.2 Å². The molecule has 1 aliphatic rings. The van der Waals surface area contributed by atoms with E-state index in [0.29, 0.717) is 18.9 Å². The first-order chi connectivity index (χ1) is 9.53. The van der Waals surface area contributed by atoms with Gasteiger partial charge in [0.05, 0.1) is 6.54 Å². The van der Waals surface area contributed by atoms with Gasteiger partial charge in [0, 0.05) is 26.2 Å². The molecule has 0 spiro atoms. The molecule has 0 saturated carbocycles. The molecule has 1 saturated heterocycles. The smallest absolute Gasteiger partial charge is 0.280 e. The second kappa shape index (κ2) is 6.61. The quantitative estimate of drug-likeness (QED) is 0.719. The predicted molar refractivity (Wildman–Crippen MR) is 75.0 cm³/mol. The van der Waals surface area contributed by atoms with E-state index in [0.717, 1.165) is 19.3 Å². The van der Waals surface area contributed by atoms with E-state index < -0.39 is 10.2 Å². The summed E-state index contributed by atoms with van der Waals surface area (Å²) in [6.07, 6.45) is 4.42. The molecule has 1 aliphatic heterocycles. The van der Waals surface area contributed by atoms with Gasteiger partial charge in [-0.25, -0.2) is 4.98 Å². The van der Waals surface area contributed by atoms with Crippen molar-refractivity contribution >= 4 is 10.2 Å². The largest absolute Gasteiger partial charge is 0.318 e. The third kappa shape index (κ3) is 3.75. The highest BCUT2D eigenvalue weighted by Crippen LogP contribution is 2.19. The van der Waals surface area contributed by atoms with Crippen molar-refractivity contribution in [2.45, 2.75) is 31.8 Å². The second-order valence-electron chi connectivity index (χ2n) is 4.98.